The molecule has 0 saturated carbocycles. The van der Waals surface area contributed by atoms with Crippen LogP contribution in [0.15, 0.2) is 30.3 Å². The molecule has 0 aliphatic rings. The molecule has 0 N–H and O–H groups in total. The number of benzene rings is 1. The fourth-order valence-corrected chi connectivity index (χ4v) is 1.25. The van der Waals surface area contributed by atoms with Gasteiger partial charge >= 0.3 is 5.97 Å². The Kier molecular flexibility index (Phi) is 3.94. The second kappa shape index (κ2) is 5.21. The predicted octanol–water partition coefficient (Wildman–Crippen LogP) is 1.25. The minimum atomic E-state index is -1.00. The van der Waals surface area contributed by atoms with Crippen molar-refractivity contribution in [2.75, 3.05) is 7.11 Å². The van der Waals surface area contributed by atoms with Crippen LogP contribution in [0.3, 0.4) is 0 Å². The first-order valence-corrected chi connectivity index (χ1v) is 4.79. The third-order valence-corrected chi connectivity index (χ3v) is 2.23. The van der Waals surface area contributed by atoms with Gasteiger partial charge in [-0.3, -0.25) is 9.59 Å². The number of hydrogen-bond donors (Lipinski definition) is 0. The van der Waals surface area contributed by atoms with Crippen LogP contribution in [-0.2, 0) is 14.3 Å². The monoisotopic (exact) mass is 220 g/mol. The quantitative estimate of drug-likeness (QED) is 0.331. The van der Waals surface area contributed by atoms with Crippen LogP contribution in [0, 0.1) is 5.92 Å². The summed E-state index contributed by atoms with van der Waals surface area (Å²) in [6, 6.07) is 8.36. The van der Waals surface area contributed by atoms with Gasteiger partial charge in [0.05, 0.1) is 13.0 Å². The standard InChI is InChI=1S/C12H12O4/c1-8(11(14)12(15)16-2)10(13)9-6-4-3-5-7-9/h3-8H,1-2H3. The topological polar surface area (TPSA) is 60.4 Å². The van der Waals surface area contributed by atoms with Gasteiger partial charge in [0.1, 0.15) is 0 Å². The summed E-state index contributed by atoms with van der Waals surface area (Å²) < 4.78 is 4.28. The number of rotatable bonds is 4. The maximum absolute atomic E-state index is 11.8. The molecule has 4 nitrogen and oxygen atoms in total. The lowest BCUT2D eigenvalue weighted by atomic mass is 9.95. The van der Waals surface area contributed by atoms with Crippen LogP contribution in [0.1, 0.15) is 17.3 Å². The van der Waals surface area contributed by atoms with Gasteiger partial charge in [-0.25, -0.2) is 4.79 Å². The molecule has 0 aliphatic carbocycles. The van der Waals surface area contributed by atoms with Gasteiger partial charge in [0.25, 0.3) is 5.78 Å². The van der Waals surface area contributed by atoms with Crippen molar-refractivity contribution in [3.63, 3.8) is 0 Å². The van der Waals surface area contributed by atoms with Gasteiger partial charge in [0.15, 0.2) is 5.78 Å². The van der Waals surface area contributed by atoms with E-state index >= 15 is 0 Å². The van der Waals surface area contributed by atoms with Crippen molar-refractivity contribution in [1.29, 1.82) is 0 Å². The largest absolute Gasteiger partial charge is 0.463 e. The Morgan fingerprint density at radius 3 is 2.19 bits per heavy atom. The predicted molar refractivity (Wildman–Crippen MR) is 57.0 cm³/mol. The number of methoxy groups -OCH3 is 1. The second-order valence-corrected chi connectivity index (χ2v) is 3.31. The van der Waals surface area contributed by atoms with E-state index in [4.69, 9.17) is 0 Å². The van der Waals surface area contributed by atoms with E-state index in [2.05, 4.69) is 4.74 Å². The smallest absolute Gasteiger partial charge is 0.375 e. The van der Waals surface area contributed by atoms with Crippen LogP contribution in [0.2, 0.25) is 0 Å². The molecule has 0 heterocycles. The van der Waals surface area contributed by atoms with Crippen LogP contribution in [-0.4, -0.2) is 24.6 Å². The van der Waals surface area contributed by atoms with E-state index in [0.29, 0.717) is 5.56 Å². The van der Waals surface area contributed by atoms with E-state index in [0.717, 1.165) is 7.11 Å². The number of hydrogen-bond acceptors (Lipinski definition) is 4. The molecule has 84 valence electrons. The summed E-state index contributed by atoms with van der Waals surface area (Å²) in [6.45, 7) is 1.40. The van der Waals surface area contributed by atoms with Crippen molar-refractivity contribution in [1.82, 2.24) is 0 Å². The average molecular weight is 220 g/mol. The molecule has 0 spiro atoms. The molecule has 0 amide bonds. The molecule has 0 radical (unpaired) electrons. The SMILES string of the molecule is COC(=O)C(=O)C(C)C(=O)c1ccccc1. The Balaban J connectivity index is 2.83. The lowest BCUT2D eigenvalue weighted by Gasteiger charge is -2.07. The molecule has 16 heavy (non-hydrogen) atoms. The van der Waals surface area contributed by atoms with Gasteiger partial charge in [-0.05, 0) is 6.92 Å². The first-order valence-electron chi connectivity index (χ1n) is 4.79. The summed E-state index contributed by atoms with van der Waals surface area (Å²) in [4.78, 5) is 34.1. The van der Waals surface area contributed by atoms with E-state index in [1.807, 2.05) is 0 Å². The third-order valence-electron chi connectivity index (χ3n) is 2.23. The van der Waals surface area contributed by atoms with Crippen molar-refractivity contribution in [2.45, 2.75) is 6.92 Å². The molecule has 1 atom stereocenters. The van der Waals surface area contributed by atoms with E-state index < -0.39 is 17.7 Å². The van der Waals surface area contributed by atoms with E-state index in [9.17, 15) is 14.4 Å². The fraction of sp³-hybridized carbons (Fsp3) is 0.250. The summed E-state index contributed by atoms with van der Waals surface area (Å²) in [5.41, 5.74) is 0.409. The van der Waals surface area contributed by atoms with E-state index in [1.54, 1.807) is 30.3 Å². The molecule has 0 aliphatic heterocycles. The number of carbonyl (C=O) groups excluding carboxylic acids is 3. The summed E-state index contributed by atoms with van der Waals surface area (Å²) in [7, 11) is 1.11. The highest BCUT2D eigenvalue weighted by atomic mass is 16.5. The van der Waals surface area contributed by atoms with Crippen molar-refractivity contribution in [3.05, 3.63) is 35.9 Å². The molecule has 1 unspecified atom stereocenters. The molecule has 1 rings (SSSR count). The second-order valence-electron chi connectivity index (χ2n) is 3.31. The number of ketones is 2. The van der Waals surface area contributed by atoms with Crippen LogP contribution >= 0.6 is 0 Å². The van der Waals surface area contributed by atoms with Gasteiger partial charge in [-0.1, -0.05) is 30.3 Å². The first kappa shape index (κ1) is 12.1. The fourth-order valence-electron chi connectivity index (χ4n) is 1.25. The maximum Gasteiger partial charge on any atom is 0.375 e. The van der Waals surface area contributed by atoms with E-state index in [-0.39, 0.29) is 5.78 Å². The Bertz CT molecular complexity index is 408. The zero-order valence-corrected chi connectivity index (χ0v) is 9.10. The van der Waals surface area contributed by atoms with Gasteiger partial charge < -0.3 is 4.74 Å². The molecule has 1 aromatic carbocycles. The van der Waals surface area contributed by atoms with Crippen LogP contribution < -0.4 is 0 Å². The number of ether oxygens (including phenoxy) is 1. The van der Waals surface area contributed by atoms with Crippen molar-refractivity contribution < 1.29 is 19.1 Å². The number of carbonyl (C=O) groups is 3. The van der Waals surface area contributed by atoms with Crippen molar-refractivity contribution in [3.8, 4) is 0 Å². The summed E-state index contributed by atoms with van der Waals surface area (Å²) in [5.74, 6) is -3.20. The van der Waals surface area contributed by atoms with Gasteiger partial charge in [0, 0.05) is 5.56 Å². The Labute approximate surface area is 93.2 Å². The molecule has 4 heteroatoms. The summed E-state index contributed by atoms with van der Waals surface area (Å²) >= 11 is 0. The zero-order chi connectivity index (χ0) is 12.1. The summed E-state index contributed by atoms with van der Waals surface area (Å²) in [6.07, 6.45) is 0. The first-order chi connectivity index (χ1) is 7.57. The normalized spacial score (nSPS) is 11.6. The minimum Gasteiger partial charge on any atom is -0.463 e. The zero-order valence-electron chi connectivity index (χ0n) is 9.10. The number of Topliss-reactive ketones (excluding diaryl/α,β-unsaturated/α-hetero) is 2. The van der Waals surface area contributed by atoms with Crippen LogP contribution in [0.25, 0.3) is 0 Å². The Morgan fingerprint density at radius 1 is 1.12 bits per heavy atom. The highest BCUT2D eigenvalue weighted by Gasteiger charge is 2.28. The third kappa shape index (κ3) is 2.53. The van der Waals surface area contributed by atoms with Crippen LogP contribution in [0.5, 0.6) is 0 Å². The average Bonchev–Trinajstić information content (AvgIpc) is 2.36. The van der Waals surface area contributed by atoms with Gasteiger partial charge in [-0.2, -0.15) is 0 Å². The maximum atomic E-state index is 11.8. The molecular formula is C12H12O4. The highest BCUT2D eigenvalue weighted by molar-refractivity contribution is 6.39. The van der Waals surface area contributed by atoms with Gasteiger partial charge in [0.2, 0.25) is 0 Å². The Hall–Kier alpha value is -1.97. The van der Waals surface area contributed by atoms with E-state index in [1.165, 1.54) is 6.92 Å². The van der Waals surface area contributed by atoms with Crippen LogP contribution in [0.4, 0.5) is 0 Å². The lowest BCUT2D eigenvalue weighted by Crippen LogP contribution is -2.28. The highest BCUT2D eigenvalue weighted by Crippen LogP contribution is 2.10. The number of esters is 1. The van der Waals surface area contributed by atoms with Gasteiger partial charge in [-0.15, -0.1) is 0 Å². The molecular weight excluding hydrogens is 208 g/mol. The lowest BCUT2D eigenvalue weighted by molar-refractivity contribution is -0.152. The minimum absolute atomic E-state index is 0.379. The van der Waals surface area contributed by atoms with Crippen molar-refractivity contribution >= 4 is 17.5 Å². The molecule has 1 aromatic rings. The molecule has 0 bridgehead atoms. The molecule has 0 saturated heterocycles. The molecule has 0 aromatic heterocycles. The summed E-state index contributed by atoms with van der Waals surface area (Å²) in [5, 5.41) is 0. The molecule has 0 fully saturated rings. The van der Waals surface area contributed by atoms with Crippen molar-refractivity contribution in [2.24, 2.45) is 5.92 Å². The Morgan fingerprint density at radius 2 is 1.69 bits per heavy atom.